The number of hydrogen-bond acceptors (Lipinski definition) is 3. The Morgan fingerprint density at radius 1 is 1.18 bits per heavy atom. The molecule has 0 saturated heterocycles. The van der Waals surface area contributed by atoms with E-state index in [1.807, 2.05) is 18.2 Å². The lowest BCUT2D eigenvalue weighted by atomic mass is 9.97. The van der Waals surface area contributed by atoms with Crippen molar-refractivity contribution in [1.29, 1.82) is 0 Å². The van der Waals surface area contributed by atoms with Gasteiger partial charge in [0.25, 0.3) is 0 Å². The van der Waals surface area contributed by atoms with Gasteiger partial charge in [-0.1, -0.05) is 44.2 Å². The van der Waals surface area contributed by atoms with E-state index in [0.29, 0.717) is 18.9 Å². The zero-order chi connectivity index (χ0) is 15.9. The van der Waals surface area contributed by atoms with Crippen molar-refractivity contribution in [2.45, 2.75) is 26.8 Å². The maximum Gasteiger partial charge on any atom is 0.307 e. The fraction of sp³-hybridized carbons (Fsp3) is 0.389. The first kappa shape index (κ1) is 16.7. The van der Waals surface area contributed by atoms with Crippen molar-refractivity contribution in [3.05, 3.63) is 47.3 Å². The summed E-state index contributed by atoms with van der Waals surface area (Å²) in [6.45, 7) is 5.36. The molecule has 1 aromatic carbocycles. The average Bonchev–Trinajstić information content (AvgIpc) is 2.95. The predicted molar refractivity (Wildman–Crippen MR) is 92.0 cm³/mol. The van der Waals surface area contributed by atoms with E-state index in [-0.39, 0.29) is 5.92 Å². The van der Waals surface area contributed by atoms with E-state index in [1.165, 1.54) is 15.3 Å². The zero-order valence-corrected chi connectivity index (χ0v) is 13.9. The van der Waals surface area contributed by atoms with Gasteiger partial charge in [0.15, 0.2) is 0 Å². The van der Waals surface area contributed by atoms with Gasteiger partial charge >= 0.3 is 5.97 Å². The first-order chi connectivity index (χ1) is 10.6. The molecule has 4 heteroatoms. The highest BCUT2D eigenvalue weighted by Crippen LogP contribution is 2.27. The van der Waals surface area contributed by atoms with Crippen LogP contribution in [-0.2, 0) is 11.3 Å². The van der Waals surface area contributed by atoms with Crippen molar-refractivity contribution in [2.75, 3.05) is 6.54 Å². The molecule has 118 valence electrons. The largest absolute Gasteiger partial charge is 0.481 e. The van der Waals surface area contributed by atoms with Gasteiger partial charge in [-0.05, 0) is 30.0 Å². The molecule has 2 rings (SSSR count). The summed E-state index contributed by atoms with van der Waals surface area (Å²) < 4.78 is 0. The second-order valence-electron chi connectivity index (χ2n) is 5.93. The summed E-state index contributed by atoms with van der Waals surface area (Å²) >= 11 is 1.75. The Balaban J connectivity index is 1.87. The first-order valence-corrected chi connectivity index (χ1v) is 8.45. The molecule has 1 heterocycles. The molecular formula is C18H23NO2S. The number of rotatable bonds is 8. The molecule has 0 spiro atoms. The van der Waals surface area contributed by atoms with Gasteiger partial charge in [0.1, 0.15) is 0 Å². The molecule has 0 aliphatic heterocycles. The summed E-state index contributed by atoms with van der Waals surface area (Å²) in [5, 5.41) is 12.5. The molecule has 1 aromatic heterocycles. The normalized spacial score (nSPS) is 12.5. The lowest BCUT2D eigenvalue weighted by Crippen LogP contribution is -2.29. The molecule has 0 radical (unpaired) electrons. The molecule has 2 aromatic rings. The molecule has 22 heavy (non-hydrogen) atoms. The Labute approximate surface area is 136 Å². The molecule has 0 fully saturated rings. The van der Waals surface area contributed by atoms with E-state index in [2.05, 4.69) is 43.4 Å². The molecule has 0 aliphatic rings. The summed E-state index contributed by atoms with van der Waals surface area (Å²) in [6.07, 6.45) is 0.710. The quantitative estimate of drug-likeness (QED) is 0.765. The predicted octanol–water partition coefficient (Wildman–Crippen LogP) is 4.25. The summed E-state index contributed by atoms with van der Waals surface area (Å²) in [5.41, 5.74) is 1.22. The van der Waals surface area contributed by atoms with Gasteiger partial charge in [-0.2, -0.15) is 0 Å². The van der Waals surface area contributed by atoms with Crippen molar-refractivity contribution in [3.8, 4) is 10.4 Å². The molecule has 0 aliphatic carbocycles. The fourth-order valence-electron chi connectivity index (χ4n) is 2.44. The number of nitrogens with one attached hydrogen (secondary N) is 1. The highest BCUT2D eigenvalue weighted by molar-refractivity contribution is 7.15. The van der Waals surface area contributed by atoms with Crippen molar-refractivity contribution in [3.63, 3.8) is 0 Å². The highest BCUT2D eigenvalue weighted by atomic mass is 32.1. The third kappa shape index (κ3) is 4.97. The SMILES string of the molecule is CC(C)CC(CNCc1ccc(-c2ccccc2)s1)C(=O)O. The maximum atomic E-state index is 11.2. The minimum Gasteiger partial charge on any atom is -0.481 e. The van der Waals surface area contributed by atoms with E-state index < -0.39 is 5.97 Å². The number of thiophene rings is 1. The fourth-order valence-corrected chi connectivity index (χ4v) is 3.42. The third-order valence-electron chi connectivity index (χ3n) is 3.52. The molecule has 0 amide bonds. The van der Waals surface area contributed by atoms with Crippen LogP contribution in [0.25, 0.3) is 10.4 Å². The monoisotopic (exact) mass is 317 g/mol. The Kier molecular flexibility index (Phi) is 6.16. The molecule has 2 N–H and O–H groups in total. The molecule has 1 atom stereocenters. The standard InChI is InChI=1S/C18H23NO2S/c1-13(2)10-15(18(20)21)11-19-12-16-8-9-17(22-16)14-6-4-3-5-7-14/h3-9,13,15,19H,10-12H2,1-2H3,(H,20,21). The van der Waals surface area contributed by atoms with Gasteiger partial charge in [0.2, 0.25) is 0 Å². The Hall–Kier alpha value is -1.65. The smallest absolute Gasteiger partial charge is 0.307 e. The van der Waals surface area contributed by atoms with E-state index in [0.717, 1.165) is 6.54 Å². The van der Waals surface area contributed by atoms with E-state index in [4.69, 9.17) is 0 Å². The summed E-state index contributed by atoms with van der Waals surface area (Å²) in [5.74, 6) is -0.625. The molecular weight excluding hydrogens is 294 g/mol. The van der Waals surface area contributed by atoms with Gasteiger partial charge in [-0.15, -0.1) is 11.3 Å². The molecule has 1 unspecified atom stereocenters. The van der Waals surface area contributed by atoms with Gasteiger partial charge in [0.05, 0.1) is 5.92 Å². The second-order valence-corrected chi connectivity index (χ2v) is 7.10. The summed E-state index contributed by atoms with van der Waals surface area (Å²) in [6, 6.07) is 14.5. The van der Waals surface area contributed by atoms with Crippen molar-refractivity contribution >= 4 is 17.3 Å². The van der Waals surface area contributed by atoms with Gasteiger partial charge in [0, 0.05) is 22.8 Å². The summed E-state index contributed by atoms with van der Waals surface area (Å²) in [4.78, 5) is 13.7. The van der Waals surface area contributed by atoms with Crippen LogP contribution in [0.2, 0.25) is 0 Å². The number of carboxylic acids is 1. The minimum absolute atomic E-state index is 0.312. The summed E-state index contributed by atoms with van der Waals surface area (Å²) in [7, 11) is 0. The topological polar surface area (TPSA) is 49.3 Å². The lowest BCUT2D eigenvalue weighted by Gasteiger charge is -2.15. The van der Waals surface area contributed by atoms with Crippen molar-refractivity contribution in [1.82, 2.24) is 5.32 Å². The third-order valence-corrected chi connectivity index (χ3v) is 4.65. The van der Waals surface area contributed by atoms with Crippen molar-refractivity contribution < 1.29 is 9.90 Å². The lowest BCUT2D eigenvalue weighted by molar-refractivity contribution is -0.142. The number of carbonyl (C=O) groups is 1. The first-order valence-electron chi connectivity index (χ1n) is 7.64. The number of aliphatic carboxylic acids is 1. The average molecular weight is 317 g/mol. The van der Waals surface area contributed by atoms with Crippen LogP contribution in [0.1, 0.15) is 25.1 Å². The number of benzene rings is 1. The van der Waals surface area contributed by atoms with Crippen LogP contribution < -0.4 is 5.32 Å². The second kappa shape index (κ2) is 8.11. The number of hydrogen-bond donors (Lipinski definition) is 2. The van der Waals surface area contributed by atoms with E-state index in [1.54, 1.807) is 11.3 Å². The van der Waals surface area contributed by atoms with Crippen molar-refractivity contribution in [2.24, 2.45) is 11.8 Å². The Bertz CT molecular complexity index is 592. The van der Waals surface area contributed by atoms with Crippen LogP contribution in [0.5, 0.6) is 0 Å². The Morgan fingerprint density at radius 2 is 1.91 bits per heavy atom. The maximum absolute atomic E-state index is 11.2. The minimum atomic E-state index is -0.711. The van der Waals surface area contributed by atoms with E-state index in [9.17, 15) is 9.90 Å². The van der Waals surface area contributed by atoms with Crippen LogP contribution in [-0.4, -0.2) is 17.6 Å². The van der Waals surface area contributed by atoms with Crippen LogP contribution >= 0.6 is 11.3 Å². The van der Waals surface area contributed by atoms with E-state index >= 15 is 0 Å². The van der Waals surface area contributed by atoms with Gasteiger partial charge in [-0.3, -0.25) is 4.79 Å². The molecule has 0 saturated carbocycles. The van der Waals surface area contributed by atoms with Crippen LogP contribution in [0, 0.1) is 11.8 Å². The Morgan fingerprint density at radius 3 is 2.55 bits per heavy atom. The molecule has 3 nitrogen and oxygen atoms in total. The van der Waals surface area contributed by atoms with Crippen LogP contribution in [0.15, 0.2) is 42.5 Å². The molecule has 0 bridgehead atoms. The van der Waals surface area contributed by atoms with Crippen LogP contribution in [0.3, 0.4) is 0 Å². The zero-order valence-electron chi connectivity index (χ0n) is 13.1. The number of carboxylic acid groups (broad SMARTS) is 1. The van der Waals surface area contributed by atoms with Gasteiger partial charge in [-0.25, -0.2) is 0 Å². The van der Waals surface area contributed by atoms with Crippen LogP contribution in [0.4, 0.5) is 0 Å². The highest BCUT2D eigenvalue weighted by Gasteiger charge is 2.18. The van der Waals surface area contributed by atoms with Gasteiger partial charge < -0.3 is 10.4 Å².